The molecule has 8 nitrogen and oxygen atoms in total. The lowest BCUT2D eigenvalue weighted by Crippen LogP contribution is -2.12. The SMILES string of the molecule is Cc1ccc(CC[C@@H](C)COc2cc(NCc3nnc(C(C)O)s3)nc(C)n2)nc1. The van der Waals surface area contributed by atoms with E-state index in [2.05, 4.69) is 49.5 Å². The van der Waals surface area contributed by atoms with Crippen LogP contribution in [0.4, 0.5) is 5.82 Å². The van der Waals surface area contributed by atoms with Crippen molar-refractivity contribution in [1.29, 1.82) is 0 Å². The Morgan fingerprint density at radius 2 is 2.00 bits per heavy atom. The van der Waals surface area contributed by atoms with Crippen LogP contribution in [0.5, 0.6) is 5.88 Å². The van der Waals surface area contributed by atoms with E-state index in [0.717, 1.165) is 23.5 Å². The molecule has 0 bridgehead atoms. The Hall–Kier alpha value is -2.65. The van der Waals surface area contributed by atoms with E-state index >= 15 is 0 Å². The number of anilines is 1. The first-order chi connectivity index (χ1) is 14.4. The van der Waals surface area contributed by atoms with Crippen molar-refractivity contribution in [3.63, 3.8) is 0 Å². The van der Waals surface area contributed by atoms with Crippen LogP contribution in [-0.2, 0) is 13.0 Å². The van der Waals surface area contributed by atoms with Crippen LogP contribution < -0.4 is 10.1 Å². The van der Waals surface area contributed by atoms with Crippen molar-refractivity contribution in [2.75, 3.05) is 11.9 Å². The fourth-order valence-electron chi connectivity index (χ4n) is 2.73. The fraction of sp³-hybridized carbons (Fsp3) is 0.476. The van der Waals surface area contributed by atoms with Gasteiger partial charge in [-0.1, -0.05) is 24.3 Å². The molecule has 3 rings (SSSR count). The van der Waals surface area contributed by atoms with E-state index < -0.39 is 6.10 Å². The van der Waals surface area contributed by atoms with Crippen molar-refractivity contribution in [3.8, 4) is 5.88 Å². The van der Waals surface area contributed by atoms with Gasteiger partial charge >= 0.3 is 0 Å². The van der Waals surface area contributed by atoms with Crippen LogP contribution in [0.3, 0.4) is 0 Å². The maximum atomic E-state index is 9.56. The second kappa shape index (κ2) is 10.4. The highest BCUT2D eigenvalue weighted by atomic mass is 32.1. The predicted molar refractivity (Wildman–Crippen MR) is 117 cm³/mol. The molecule has 0 fully saturated rings. The Bertz CT molecular complexity index is 945. The zero-order valence-electron chi connectivity index (χ0n) is 17.8. The highest BCUT2D eigenvalue weighted by Gasteiger charge is 2.11. The zero-order chi connectivity index (χ0) is 21.5. The second-order valence-electron chi connectivity index (χ2n) is 7.48. The highest BCUT2D eigenvalue weighted by Crippen LogP contribution is 2.20. The van der Waals surface area contributed by atoms with Gasteiger partial charge in [-0.05, 0) is 51.2 Å². The molecule has 0 aliphatic rings. The molecule has 0 spiro atoms. The number of hydrogen-bond acceptors (Lipinski definition) is 9. The number of aliphatic hydroxyl groups excluding tert-OH is 1. The third kappa shape index (κ3) is 6.70. The number of aryl methyl sites for hydroxylation is 3. The topological polar surface area (TPSA) is 106 Å². The first kappa shape index (κ1) is 22.0. The quantitative estimate of drug-likeness (QED) is 0.504. The van der Waals surface area contributed by atoms with Crippen molar-refractivity contribution in [2.24, 2.45) is 5.92 Å². The Labute approximate surface area is 180 Å². The van der Waals surface area contributed by atoms with E-state index in [1.165, 1.54) is 16.9 Å². The molecule has 1 unspecified atom stereocenters. The summed E-state index contributed by atoms with van der Waals surface area (Å²) in [6.07, 6.45) is 3.22. The molecule has 0 saturated carbocycles. The number of ether oxygens (including phenoxy) is 1. The number of rotatable bonds is 10. The van der Waals surface area contributed by atoms with Crippen LogP contribution in [-0.4, -0.2) is 36.9 Å². The summed E-state index contributed by atoms with van der Waals surface area (Å²) < 4.78 is 5.91. The minimum Gasteiger partial charge on any atom is -0.477 e. The van der Waals surface area contributed by atoms with E-state index in [-0.39, 0.29) is 0 Å². The van der Waals surface area contributed by atoms with Crippen LogP contribution in [0.25, 0.3) is 0 Å². The van der Waals surface area contributed by atoms with Crippen LogP contribution in [0.15, 0.2) is 24.4 Å². The number of aromatic nitrogens is 5. The Morgan fingerprint density at radius 3 is 2.70 bits per heavy atom. The number of hydrogen-bond donors (Lipinski definition) is 2. The maximum Gasteiger partial charge on any atom is 0.218 e. The third-order valence-electron chi connectivity index (χ3n) is 4.46. The zero-order valence-corrected chi connectivity index (χ0v) is 18.6. The van der Waals surface area contributed by atoms with E-state index in [0.29, 0.717) is 41.6 Å². The van der Waals surface area contributed by atoms with Gasteiger partial charge < -0.3 is 15.2 Å². The van der Waals surface area contributed by atoms with E-state index in [4.69, 9.17) is 4.74 Å². The van der Waals surface area contributed by atoms with Gasteiger partial charge in [-0.3, -0.25) is 4.98 Å². The standard InChI is InChI=1S/C21H28N6O2S/c1-13-5-7-17(22-10-13)8-6-14(2)12-29-19-9-18(24-16(4)25-19)23-11-20-26-27-21(30-20)15(3)28/h5,7,9-10,14-15,28H,6,8,11-12H2,1-4H3,(H,23,24,25)/t14-,15?/m1/s1. The monoisotopic (exact) mass is 428 g/mol. The normalized spacial score (nSPS) is 13.1. The molecule has 2 atom stereocenters. The molecule has 0 amide bonds. The molecule has 3 heterocycles. The minimum absolute atomic E-state index is 0.375. The van der Waals surface area contributed by atoms with Gasteiger partial charge in [0.2, 0.25) is 5.88 Å². The van der Waals surface area contributed by atoms with Gasteiger partial charge in [0.1, 0.15) is 27.8 Å². The van der Waals surface area contributed by atoms with E-state index in [1.54, 1.807) is 13.0 Å². The smallest absolute Gasteiger partial charge is 0.218 e. The molecule has 160 valence electrons. The summed E-state index contributed by atoms with van der Waals surface area (Å²) in [5, 5.41) is 22.2. The maximum absolute atomic E-state index is 9.56. The number of pyridine rings is 1. The molecular weight excluding hydrogens is 400 g/mol. The van der Waals surface area contributed by atoms with Crippen molar-refractivity contribution in [2.45, 2.75) is 53.2 Å². The average Bonchev–Trinajstić information content (AvgIpc) is 3.19. The molecule has 3 aromatic heterocycles. The summed E-state index contributed by atoms with van der Waals surface area (Å²) in [6.45, 7) is 8.77. The minimum atomic E-state index is -0.610. The second-order valence-corrected chi connectivity index (χ2v) is 8.58. The molecule has 0 saturated heterocycles. The first-order valence-corrected chi connectivity index (χ1v) is 10.8. The summed E-state index contributed by atoms with van der Waals surface area (Å²) >= 11 is 1.37. The summed E-state index contributed by atoms with van der Waals surface area (Å²) in [4.78, 5) is 13.2. The molecule has 2 N–H and O–H groups in total. The van der Waals surface area contributed by atoms with Crippen LogP contribution >= 0.6 is 11.3 Å². The van der Waals surface area contributed by atoms with Crippen LogP contribution in [0.2, 0.25) is 0 Å². The van der Waals surface area contributed by atoms with Crippen molar-refractivity contribution >= 4 is 17.2 Å². The number of aliphatic hydroxyl groups is 1. The molecule has 30 heavy (non-hydrogen) atoms. The molecule has 0 radical (unpaired) electrons. The highest BCUT2D eigenvalue weighted by molar-refractivity contribution is 7.11. The summed E-state index contributed by atoms with van der Waals surface area (Å²) in [6, 6.07) is 5.96. The van der Waals surface area contributed by atoms with Crippen LogP contribution in [0.1, 0.15) is 53.5 Å². The summed E-state index contributed by atoms with van der Waals surface area (Å²) in [5.74, 6) is 2.23. The summed E-state index contributed by atoms with van der Waals surface area (Å²) in [5.41, 5.74) is 2.28. The van der Waals surface area contributed by atoms with E-state index in [1.807, 2.05) is 20.0 Å². The van der Waals surface area contributed by atoms with Crippen molar-refractivity contribution < 1.29 is 9.84 Å². The Morgan fingerprint density at radius 1 is 1.17 bits per heavy atom. The molecular formula is C21H28N6O2S. The van der Waals surface area contributed by atoms with E-state index in [9.17, 15) is 5.11 Å². The van der Waals surface area contributed by atoms with Gasteiger partial charge in [0, 0.05) is 18.0 Å². The van der Waals surface area contributed by atoms with Gasteiger partial charge in [0.05, 0.1) is 13.2 Å². The van der Waals surface area contributed by atoms with Gasteiger partial charge in [0.15, 0.2) is 0 Å². The lowest BCUT2D eigenvalue weighted by Gasteiger charge is -2.13. The largest absolute Gasteiger partial charge is 0.477 e. The molecule has 9 heteroatoms. The molecule has 0 aliphatic heterocycles. The number of nitrogens with zero attached hydrogens (tertiary/aromatic N) is 5. The molecule has 3 aromatic rings. The Kier molecular flexibility index (Phi) is 7.64. The number of nitrogens with one attached hydrogen (secondary N) is 1. The van der Waals surface area contributed by atoms with Gasteiger partial charge in [-0.2, -0.15) is 4.98 Å². The molecule has 0 aromatic carbocycles. The lowest BCUT2D eigenvalue weighted by atomic mass is 10.0. The first-order valence-electron chi connectivity index (χ1n) is 10.0. The third-order valence-corrected chi connectivity index (χ3v) is 5.55. The van der Waals surface area contributed by atoms with Gasteiger partial charge in [-0.15, -0.1) is 10.2 Å². The van der Waals surface area contributed by atoms with Gasteiger partial charge in [-0.25, -0.2) is 4.98 Å². The lowest BCUT2D eigenvalue weighted by molar-refractivity contribution is 0.198. The summed E-state index contributed by atoms with van der Waals surface area (Å²) in [7, 11) is 0. The van der Waals surface area contributed by atoms with Crippen LogP contribution in [0, 0.1) is 19.8 Å². The fourth-order valence-corrected chi connectivity index (χ4v) is 3.45. The predicted octanol–water partition coefficient (Wildman–Crippen LogP) is 3.65. The van der Waals surface area contributed by atoms with Gasteiger partial charge in [0.25, 0.3) is 0 Å². The Balaban J connectivity index is 1.49. The van der Waals surface area contributed by atoms with Crippen molar-refractivity contribution in [3.05, 3.63) is 51.5 Å². The molecule has 0 aliphatic carbocycles. The average molecular weight is 429 g/mol. The van der Waals surface area contributed by atoms with Crippen molar-refractivity contribution in [1.82, 2.24) is 25.1 Å².